The molecule has 0 saturated carbocycles. The lowest BCUT2D eigenvalue weighted by molar-refractivity contribution is -0.131. The molecule has 0 aromatic heterocycles. The standard InChI is InChI=1S/C13H16N2O4/c1-19-8-11(14)13(18)15-10-5-2-9(3-6-10)4-7-12(16)17/h2-7,11H,8,14H2,1H3,(H,15,18)(H,16,17)/b7-4+. The van der Waals surface area contributed by atoms with Crippen molar-refractivity contribution in [2.45, 2.75) is 6.04 Å². The van der Waals surface area contributed by atoms with Gasteiger partial charge in [-0.3, -0.25) is 4.79 Å². The van der Waals surface area contributed by atoms with Gasteiger partial charge in [0.15, 0.2) is 0 Å². The van der Waals surface area contributed by atoms with E-state index in [4.69, 9.17) is 15.6 Å². The van der Waals surface area contributed by atoms with Crippen molar-refractivity contribution >= 4 is 23.6 Å². The first-order valence-electron chi connectivity index (χ1n) is 5.59. The molecule has 0 saturated heterocycles. The van der Waals surface area contributed by atoms with Gasteiger partial charge in [-0.05, 0) is 23.8 Å². The van der Waals surface area contributed by atoms with Crippen LogP contribution < -0.4 is 11.1 Å². The fourth-order valence-electron chi connectivity index (χ4n) is 1.34. The van der Waals surface area contributed by atoms with Gasteiger partial charge in [-0.2, -0.15) is 0 Å². The second kappa shape index (κ2) is 7.30. The monoisotopic (exact) mass is 264 g/mol. The highest BCUT2D eigenvalue weighted by Crippen LogP contribution is 2.11. The van der Waals surface area contributed by atoms with Crippen LogP contribution >= 0.6 is 0 Å². The first-order chi connectivity index (χ1) is 9.02. The van der Waals surface area contributed by atoms with E-state index in [9.17, 15) is 9.59 Å². The van der Waals surface area contributed by atoms with Crippen LogP contribution in [0, 0.1) is 0 Å². The third-order valence-electron chi connectivity index (χ3n) is 2.28. The topological polar surface area (TPSA) is 102 Å². The van der Waals surface area contributed by atoms with E-state index in [1.165, 1.54) is 13.2 Å². The normalized spacial score (nSPS) is 12.3. The third-order valence-corrected chi connectivity index (χ3v) is 2.28. The number of amides is 1. The lowest BCUT2D eigenvalue weighted by Gasteiger charge is -2.11. The molecule has 4 N–H and O–H groups in total. The van der Waals surface area contributed by atoms with Crippen molar-refractivity contribution < 1.29 is 19.4 Å². The molecule has 0 heterocycles. The predicted octanol–water partition coefficient (Wildman–Crippen LogP) is 0.697. The van der Waals surface area contributed by atoms with Crippen LogP contribution in [0.5, 0.6) is 0 Å². The molecule has 0 radical (unpaired) electrons. The van der Waals surface area contributed by atoms with Crippen molar-refractivity contribution in [3.05, 3.63) is 35.9 Å². The summed E-state index contributed by atoms with van der Waals surface area (Å²) in [7, 11) is 1.47. The average Bonchev–Trinajstić information content (AvgIpc) is 2.38. The predicted molar refractivity (Wildman–Crippen MR) is 71.6 cm³/mol. The van der Waals surface area contributed by atoms with E-state index in [2.05, 4.69) is 5.32 Å². The number of carboxylic acids is 1. The largest absolute Gasteiger partial charge is 0.478 e. The van der Waals surface area contributed by atoms with Crippen LogP contribution in [0.1, 0.15) is 5.56 Å². The Hall–Kier alpha value is -2.18. The number of aliphatic carboxylic acids is 1. The second-order valence-corrected chi connectivity index (χ2v) is 3.84. The number of carbonyl (C=O) groups is 2. The first-order valence-corrected chi connectivity index (χ1v) is 5.59. The van der Waals surface area contributed by atoms with Crippen LogP contribution in [0.4, 0.5) is 5.69 Å². The van der Waals surface area contributed by atoms with Gasteiger partial charge in [-0.25, -0.2) is 4.79 Å². The van der Waals surface area contributed by atoms with Gasteiger partial charge in [-0.15, -0.1) is 0 Å². The Balaban J connectivity index is 2.62. The summed E-state index contributed by atoms with van der Waals surface area (Å²) in [4.78, 5) is 21.9. The molecule has 1 atom stereocenters. The Morgan fingerprint density at radius 1 is 1.42 bits per heavy atom. The Kier molecular flexibility index (Phi) is 5.72. The van der Waals surface area contributed by atoms with Crippen LogP contribution in [0.3, 0.4) is 0 Å². The van der Waals surface area contributed by atoms with Gasteiger partial charge in [-0.1, -0.05) is 12.1 Å². The van der Waals surface area contributed by atoms with Crippen molar-refractivity contribution in [2.75, 3.05) is 19.0 Å². The van der Waals surface area contributed by atoms with Crippen molar-refractivity contribution in [3.8, 4) is 0 Å². The maximum Gasteiger partial charge on any atom is 0.328 e. The summed E-state index contributed by atoms with van der Waals surface area (Å²) in [6.07, 6.45) is 2.51. The number of anilines is 1. The maximum atomic E-state index is 11.6. The van der Waals surface area contributed by atoms with Crippen molar-refractivity contribution in [1.29, 1.82) is 0 Å². The highest BCUT2D eigenvalue weighted by molar-refractivity contribution is 5.94. The highest BCUT2D eigenvalue weighted by atomic mass is 16.5. The lowest BCUT2D eigenvalue weighted by atomic mass is 10.2. The molecule has 1 unspecified atom stereocenters. The summed E-state index contributed by atoms with van der Waals surface area (Å²) in [6.45, 7) is 0.144. The molecule has 6 heteroatoms. The molecule has 6 nitrogen and oxygen atoms in total. The first kappa shape index (κ1) is 14.9. The minimum absolute atomic E-state index is 0.144. The molecule has 0 spiro atoms. The smallest absolute Gasteiger partial charge is 0.328 e. The summed E-state index contributed by atoms with van der Waals surface area (Å²) < 4.78 is 4.79. The van der Waals surface area contributed by atoms with E-state index in [0.29, 0.717) is 5.69 Å². The molecule has 1 amide bonds. The minimum Gasteiger partial charge on any atom is -0.478 e. The number of ether oxygens (including phenoxy) is 1. The Bertz CT molecular complexity index is 468. The van der Waals surface area contributed by atoms with E-state index in [1.54, 1.807) is 24.3 Å². The van der Waals surface area contributed by atoms with E-state index < -0.39 is 12.0 Å². The summed E-state index contributed by atoms with van der Waals surface area (Å²) in [6, 6.07) is 5.99. The van der Waals surface area contributed by atoms with Gasteiger partial charge in [0.05, 0.1) is 6.61 Å². The summed E-state index contributed by atoms with van der Waals surface area (Å²) >= 11 is 0. The van der Waals surface area contributed by atoms with Gasteiger partial charge in [0.25, 0.3) is 0 Å². The number of nitrogens with one attached hydrogen (secondary N) is 1. The van der Waals surface area contributed by atoms with Gasteiger partial charge in [0.2, 0.25) is 5.91 Å². The van der Waals surface area contributed by atoms with Crippen LogP contribution in [-0.2, 0) is 14.3 Å². The lowest BCUT2D eigenvalue weighted by Crippen LogP contribution is -2.39. The van der Waals surface area contributed by atoms with Crippen LogP contribution in [-0.4, -0.2) is 36.7 Å². The van der Waals surface area contributed by atoms with Gasteiger partial charge in [0, 0.05) is 18.9 Å². The van der Waals surface area contributed by atoms with Gasteiger partial charge < -0.3 is 20.9 Å². The van der Waals surface area contributed by atoms with Crippen molar-refractivity contribution in [3.63, 3.8) is 0 Å². The zero-order valence-electron chi connectivity index (χ0n) is 10.5. The van der Waals surface area contributed by atoms with E-state index in [-0.39, 0.29) is 12.5 Å². The van der Waals surface area contributed by atoms with E-state index >= 15 is 0 Å². The third kappa shape index (κ3) is 5.33. The zero-order valence-corrected chi connectivity index (χ0v) is 10.5. The van der Waals surface area contributed by atoms with Crippen molar-refractivity contribution in [2.24, 2.45) is 5.73 Å². The number of hydrogen-bond acceptors (Lipinski definition) is 4. The number of methoxy groups -OCH3 is 1. The average molecular weight is 264 g/mol. The highest BCUT2D eigenvalue weighted by Gasteiger charge is 2.12. The molecule has 0 aliphatic rings. The Morgan fingerprint density at radius 3 is 2.58 bits per heavy atom. The summed E-state index contributed by atoms with van der Waals surface area (Å²) in [5.41, 5.74) is 6.88. The van der Waals surface area contributed by atoms with Crippen LogP contribution in [0.15, 0.2) is 30.3 Å². The number of carbonyl (C=O) groups excluding carboxylic acids is 1. The van der Waals surface area contributed by atoms with E-state index in [0.717, 1.165) is 11.6 Å². The molecule has 19 heavy (non-hydrogen) atoms. The molecule has 1 aromatic carbocycles. The fraction of sp³-hybridized carbons (Fsp3) is 0.231. The molecular weight excluding hydrogens is 248 g/mol. The summed E-state index contributed by atoms with van der Waals surface area (Å²) in [5, 5.41) is 11.1. The fourth-order valence-corrected chi connectivity index (χ4v) is 1.34. The number of benzene rings is 1. The van der Waals surface area contributed by atoms with Crippen molar-refractivity contribution in [1.82, 2.24) is 0 Å². The maximum absolute atomic E-state index is 11.6. The van der Waals surface area contributed by atoms with Gasteiger partial charge >= 0.3 is 5.97 Å². The number of nitrogens with two attached hydrogens (primary N) is 1. The second-order valence-electron chi connectivity index (χ2n) is 3.84. The molecule has 1 aromatic rings. The van der Waals surface area contributed by atoms with Crippen LogP contribution in [0.25, 0.3) is 6.08 Å². The minimum atomic E-state index is -1.01. The summed E-state index contributed by atoms with van der Waals surface area (Å²) in [5.74, 6) is -1.35. The number of hydrogen-bond donors (Lipinski definition) is 3. The quantitative estimate of drug-likeness (QED) is 0.656. The molecule has 0 fully saturated rings. The van der Waals surface area contributed by atoms with Gasteiger partial charge in [0.1, 0.15) is 6.04 Å². The van der Waals surface area contributed by atoms with E-state index in [1.807, 2.05) is 0 Å². The number of carboxylic acid groups (broad SMARTS) is 1. The molecular formula is C13H16N2O4. The molecule has 1 rings (SSSR count). The molecule has 0 bridgehead atoms. The number of rotatable bonds is 6. The Labute approximate surface area is 110 Å². The Morgan fingerprint density at radius 2 is 2.05 bits per heavy atom. The molecule has 102 valence electrons. The van der Waals surface area contributed by atoms with Crippen LogP contribution in [0.2, 0.25) is 0 Å². The SMILES string of the molecule is COCC(N)C(=O)Nc1ccc(/C=C/C(=O)O)cc1. The zero-order chi connectivity index (χ0) is 14.3. The molecule has 0 aliphatic carbocycles. The molecule has 0 aliphatic heterocycles.